The van der Waals surface area contributed by atoms with E-state index < -0.39 is 34.4 Å². The molecule has 0 aliphatic carbocycles. The lowest BCUT2D eigenvalue weighted by Crippen LogP contribution is -2.27. The summed E-state index contributed by atoms with van der Waals surface area (Å²) in [6.07, 6.45) is -0.567. The molecule has 0 aliphatic heterocycles. The molecule has 3 rings (SSSR count). The molecule has 10 heteroatoms. The van der Waals surface area contributed by atoms with E-state index in [2.05, 4.69) is 15.3 Å². The lowest BCUT2D eigenvalue weighted by Gasteiger charge is -2.28. The third-order valence-corrected chi connectivity index (χ3v) is 5.88. The van der Waals surface area contributed by atoms with E-state index in [9.17, 15) is 27.1 Å². The van der Waals surface area contributed by atoms with Gasteiger partial charge in [0, 0.05) is 29.8 Å². The van der Waals surface area contributed by atoms with Crippen molar-refractivity contribution >= 4 is 16.5 Å². The molecule has 32 heavy (non-hydrogen) atoms. The summed E-state index contributed by atoms with van der Waals surface area (Å²) in [5.41, 5.74) is 1.56. The highest BCUT2D eigenvalue weighted by molar-refractivity contribution is 8.23. The highest BCUT2D eigenvalue weighted by atomic mass is 32.3. The molecular weight excluding hydrogens is 443 g/mol. The number of nitrogens with zero attached hydrogens (tertiary/aromatic N) is 2. The number of pyridine rings is 2. The number of hydrogen-bond donors (Lipinski definition) is 3. The van der Waals surface area contributed by atoms with Crippen molar-refractivity contribution < 1.29 is 27.1 Å². The van der Waals surface area contributed by atoms with Crippen LogP contribution in [0, 0.1) is 6.92 Å². The minimum absolute atomic E-state index is 0.161. The smallest absolute Gasteiger partial charge is 0.345 e. The van der Waals surface area contributed by atoms with Gasteiger partial charge in [0.1, 0.15) is 5.69 Å². The average molecular weight is 465 g/mol. The number of aromatic nitrogens is 2. The van der Waals surface area contributed by atoms with Gasteiger partial charge in [-0.25, -0.2) is 0 Å². The molecule has 0 unspecified atom stereocenters. The van der Waals surface area contributed by atoms with Crippen LogP contribution in [-0.4, -0.2) is 31.2 Å². The number of amides is 1. The van der Waals surface area contributed by atoms with Gasteiger partial charge in [-0.3, -0.25) is 23.9 Å². The van der Waals surface area contributed by atoms with Crippen molar-refractivity contribution in [3.8, 4) is 11.3 Å². The van der Waals surface area contributed by atoms with E-state index in [1.807, 2.05) is 13.0 Å². The van der Waals surface area contributed by atoms with Gasteiger partial charge in [-0.1, -0.05) is 12.1 Å². The molecule has 0 bridgehead atoms. The fourth-order valence-electron chi connectivity index (χ4n) is 2.93. The fourth-order valence-corrected chi connectivity index (χ4v) is 3.63. The molecule has 0 aliphatic rings. The summed E-state index contributed by atoms with van der Waals surface area (Å²) in [5, 5.41) is 2.70. The number of halogens is 3. The second kappa shape index (κ2) is 8.89. The van der Waals surface area contributed by atoms with Gasteiger partial charge in [0.15, 0.2) is 0 Å². The Kier molecular flexibility index (Phi) is 6.59. The van der Waals surface area contributed by atoms with Crippen molar-refractivity contribution in [2.24, 2.45) is 0 Å². The maximum Gasteiger partial charge on any atom is 0.433 e. The van der Waals surface area contributed by atoms with Crippen LogP contribution in [0.5, 0.6) is 0 Å². The van der Waals surface area contributed by atoms with Gasteiger partial charge in [-0.2, -0.15) is 23.8 Å². The van der Waals surface area contributed by atoms with Crippen molar-refractivity contribution in [2.75, 3.05) is 6.26 Å². The fraction of sp³-hybridized carbons (Fsp3) is 0.227. The molecule has 0 saturated heterocycles. The predicted octanol–water partition coefficient (Wildman–Crippen LogP) is 5.70. The highest BCUT2D eigenvalue weighted by Gasteiger charge is 2.32. The summed E-state index contributed by atoms with van der Waals surface area (Å²) in [5.74, 6) is -0.531. The van der Waals surface area contributed by atoms with Crippen LogP contribution in [0.15, 0.2) is 59.8 Å². The van der Waals surface area contributed by atoms with Crippen LogP contribution >= 0.6 is 10.6 Å². The average Bonchev–Trinajstić information content (AvgIpc) is 2.72. The van der Waals surface area contributed by atoms with E-state index >= 15 is 0 Å². The Morgan fingerprint density at radius 2 is 1.78 bits per heavy atom. The SMILES string of the molecule is Cc1ccc(-c2cc(C(=O)N[C@H](C)c3ccc(C(F)(F)F)nc3)cc(S(C)(O)O)c2)nc1. The number of benzene rings is 1. The Morgan fingerprint density at radius 1 is 1.06 bits per heavy atom. The highest BCUT2D eigenvalue weighted by Crippen LogP contribution is 2.45. The molecule has 170 valence electrons. The second-order valence-corrected chi connectivity index (χ2v) is 9.61. The molecule has 0 saturated carbocycles. The zero-order valence-electron chi connectivity index (χ0n) is 17.5. The molecule has 1 aromatic carbocycles. The standard InChI is InChI=1S/C22H22F3N3O3S/c1-13-4-6-19(26-11-13)16-8-17(10-18(9-16)32(3,30)31)21(29)28-14(2)15-5-7-20(27-12-15)22(23,24)25/h4-12,14,30-31H,1-3H3,(H,28,29)/t14-/m1/s1. The zero-order chi connectivity index (χ0) is 23.7. The van der Waals surface area contributed by atoms with Crippen LogP contribution in [-0.2, 0) is 6.18 Å². The number of hydrogen-bond acceptors (Lipinski definition) is 5. The Hall–Kier alpha value is -2.95. The molecule has 6 nitrogen and oxygen atoms in total. The molecule has 0 spiro atoms. The van der Waals surface area contributed by atoms with E-state index in [1.54, 1.807) is 31.3 Å². The summed E-state index contributed by atoms with van der Waals surface area (Å²) < 4.78 is 58.4. The molecule has 0 radical (unpaired) electrons. The van der Waals surface area contributed by atoms with Crippen molar-refractivity contribution in [1.29, 1.82) is 0 Å². The molecule has 2 aromatic heterocycles. The number of alkyl halides is 3. The summed E-state index contributed by atoms with van der Waals surface area (Å²) in [7, 11) is -3.12. The number of rotatable bonds is 5. The molecule has 1 amide bonds. The molecule has 3 aromatic rings. The Bertz CT molecular complexity index is 1110. The van der Waals surface area contributed by atoms with E-state index in [4.69, 9.17) is 0 Å². The molecule has 1 atom stereocenters. The topological polar surface area (TPSA) is 95.3 Å². The maximum absolute atomic E-state index is 12.9. The third kappa shape index (κ3) is 5.64. The Morgan fingerprint density at radius 3 is 2.31 bits per heavy atom. The molecule has 3 N–H and O–H groups in total. The first-order valence-corrected chi connectivity index (χ1v) is 11.5. The first-order valence-electron chi connectivity index (χ1n) is 9.50. The van der Waals surface area contributed by atoms with Crippen molar-refractivity contribution in [3.63, 3.8) is 0 Å². The summed E-state index contributed by atoms with van der Waals surface area (Å²) in [6.45, 7) is 3.49. The van der Waals surface area contributed by atoms with Gasteiger partial charge in [-0.05, 0) is 55.3 Å². The van der Waals surface area contributed by atoms with Gasteiger partial charge in [-0.15, -0.1) is 0 Å². The summed E-state index contributed by atoms with van der Waals surface area (Å²) in [4.78, 5) is 20.8. The van der Waals surface area contributed by atoms with Crippen LogP contribution in [0.3, 0.4) is 0 Å². The largest absolute Gasteiger partial charge is 0.433 e. The van der Waals surface area contributed by atoms with E-state index in [-0.39, 0.29) is 10.5 Å². The van der Waals surface area contributed by atoms with Crippen LogP contribution < -0.4 is 5.32 Å². The van der Waals surface area contributed by atoms with Crippen molar-refractivity contribution in [1.82, 2.24) is 15.3 Å². The first-order chi connectivity index (χ1) is 14.8. The number of carbonyl (C=O) groups excluding carboxylic acids is 1. The molecule has 2 heterocycles. The Labute approximate surface area is 184 Å². The number of aryl methyl sites for hydroxylation is 1. The van der Waals surface area contributed by atoms with Crippen LogP contribution in [0.2, 0.25) is 0 Å². The van der Waals surface area contributed by atoms with E-state index in [0.717, 1.165) is 17.8 Å². The normalized spacial score (nSPS) is 13.5. The Balaban J connectivity index is 1.89. The van der Waals surface area contributed by atoms with Crippen LogP contribution in [0.25, 0.3) is 11.3 Å². The quantitative estimate of drug-likeness (QED) is 0.449. The minimum atomic E-state index is -4.55. The third-order valence-electron chi connectivity index (χ3n) is 4.75. The second-order valence-electron chi connectivity index (χ2n) is 7.47. The van der Waals surface area contributed by atoms with Crippen molar-refractivity contribution in [3.05, 3.63) is 77.2 Å². The van der Waals surface area contributed by atoms with Gasteiger partial charge >= 0.3 is 6.18 Å². The van der Waals surface area contributed by atoms with E-state index in [0.29, 0.717) is 16.8 Å². The molecule has 0 fully saturated rings. The zero-order valence-corrected chi connectivity index (χ0v) is 18.3. The van der Waals surface area contributed by atoms with Crippen LogP contribution in [0.1, 0.15) is 40.1 Å². The van der Waals surface area contributed by atoms with Gasteiger partial charge in [0.05, 0.1) is 16.6 Å². The summed E-state index contributed by atoms with van der Waals surface area (Å²) in [6, 6.07) is 9.58. The number of carbonyl (C=O) groups is 1. The maximum atomic E-state index is 12.9. The van der Waals surface area contributed by atoms with Gasteiger partial charge in [0.25, 0.3) is 5.91 Å². The monoisotopic (exact) mass is 465 g/mol. The number of nitrogens with one attached hydrogen (secondary N) is 1. The van der Waals surface area contributed by atoms with Crippen molar-refractivity contribution in [2.45, 2.75) is 31.0 Å². The van der Waals surface area contributed by atoms with Gasteiger partial charge < -0.3 is 5.32 Å². The minimum Gasteiger partial charge on any atom is -0.345 e. The van der Waals surface area contributed by atoms with Crippen LogP contribution in [0.4, 0.5) is 13.2 Å². The summed E-state index contributed by atoms with van der Waals surface area (Å²) >= 11 is 0. The lowest BCUT2D eigenvalue weighted by molar-refractivity contribution is -0.141. The lowest BCUT2D eigenvalue weighted by atomic mass is 10.1. The van der Waals surface area contributed by atoms with Gasteiger partial charge in [0.2, 0.25) is 0 Å². The van der Waals surface area contributed by atoms with E-state index in [1.165, 1.54) is 18.4 Å². The molecular formula is C22H22F3N3O3S. The first kappa shape index (κ1) is 23.7. The predicted molar refractivity (Wildman–Crippen MR) is 117 cm³/mol.